The Morgan fingerprint density at radius 3 is 2.42 bits per heavy atom. The molecule has 24 heavy (non-hydrogen) atoms. The van der Waals surface area contributed by atoms with E-state index < -0.39 is 0 Å². The van der Waals surface area contributed by atoms with E-state index in [1.807, 2.05) is 19.1 Å². The van der Waals surface area contributed by atoms with E-state index in [-0.39, 0.29) is 11.2 Å². The van der Waals surface area contributed by atoms with Crippen molar-refractivity contribution in [2.45, 2.75) is 47.6 Å². The van der Waals surface area contributed by atoms with Crippen molar-refractivity contribution in [3.63, 3.8) is 0 Å². The molecule has 2 heteroatoms. The molecule has 0 saturated carbocycles. The molecular weight excluding hydrogens is 294 g/mol. The molecule has 0 radical (unpaired) electrons. The third-order valence-corrected chi connectivity index (χ3v) is 5.08. The summed E-state index contributed by atoms with van der Waals surface area (Å²) in [6.07, 6.45) is 3.16. The average molecular weight is 323 g/mol. The van der Waals surface area contributed by atoms with Crippen LogP contribution in [-0.4, -0.2) is 17.2 Å². The van der Waals surface area contributed by atoms with Crippen molar-refractivity contribution < 1.29 is 4.79 Å². The fourth-order valence-corrected chi connectivity index (χ4v) is 3.14. The van der Waals surface area contributed by atoms with Gasteiger partial charge in [-0.2, -0.15) is 0 Å². The zero-order valence-corrected chi connectivity index (χ0v) is 15.6. The predicted molar refractivity (Wildman–Crippen MR) is 102 cm³/mol. The Hall–Kier alpha value is -2.09. The molecule has 128 valence electrons. The lowest BCUT2D eigenvalue weighted by atomic mass is 9.77. The molecule has 1 aromatic carbocycles. The van der Waals surface area contributed by atoms with Crippen molar-refractivity contribution in [2.24, 2.45) is 5.41 Å². The summed E-state index contributed by atoms with van der Waals surface area (Å²) in [5.74, 6) is 0.0749. The van der Waals surface area contributed by atoms with Gasteiger partial charge < -0.3 is 4.90 Å². The van der Waals surface area contributed by atoms with Crippen molar-refractivity contribution in [3.05, 3.63) is 71.0 Å². The molecule has 0 aliphatic carbocycles. The minimum Gasteiger partial charge on any atom is -0.367 e. The van der Waals surface area contributed by atoms with E-state index in [0.29, 0.717) is 0 Å². The van der Waals surface area contributed by atoms with Gasteiger partial charge in [0, 0.05) is 24.4 Å². The quantitative estimate of drug-likeness (QED) is 0.542. The summed E-state index contributed by atoms with van der Waals surface area (Å²) in [7, 11) is 0. The molecule has 0 amide bonds. The van der Waals surface area contributed by atoms with Crippen LogP contribution in [-0.2, 0) is 11.3 Å². The van der Waals surface area contributed by atoms with Crippen LogP contribution in [0.3, 0.4) is 0 Å². The fraction of sp³-hybridized carbons (Fsp3) is 0.409. The molecule has 2 rings (SSSR count). The number of allylic oxidation sites excluding steroid dienone is 4. The molecule has 0 bridgehead atoms. The molecule has 1 aliphatic heterocycles. The van der Waals surface area contributed by atoms with Gasteiger partial charge in [0.05, 0.1) is 0 Å². The van der Waals surface area contributed by atoms with Crippen molar-refractivity contribution in [3.8, 4) is 0 Å². The van der Waals surface area contributed by atoms with Crippen LogP contribution in [0, 0.1) is 5.41 Å². The molecule has 0 aromatic heterocycles. The predicted octanol–water partition coefficient (Wildman–Crippen LogP) is 5.28. The first-order chi connectivity index (χ1) is 11.2. The van der Waals surface area contributed by atoms with E-state index >= 15 is 0 Å². The van der Waals surface area contributed by atoms with E-state index in [1.165, 1.54) is 16.8 Å². The first-order valence-electron chi connectivity index (χ1n) is 8.61. The molecule has 0 fully saturated rings. The van der Waals surface area contributed by atoms with Crippen molar-refractivity contribution in [2.75, 3.05) is 6.54 Å². The van der Waals surface area contributed by atoms with E-state index in [4.69, 9.17) is 0 Å². The molecule has 0 spiro atoms. The van der Waals surface area contributed by atoms with Gasteiger partial charge in [-0.1, -0.05) is 50.8 Å². The highest BCUT2D eigenvalue weighted by atomic mass is 16.1. The van der Waals surface area contributed by atoms with E-state index in [2.05, 4.69) is 56.5 Å². The average Bonchev–Trinajstić information content (AvgIpc) is 2.51. The molecule has 0 unspecified atom stereocenters. The zero-order valence-electron chi connectivity index (χ0n) is 15.6. The number of benzene rings is 1. The molecule has 2 nitrogen and oxygen atoms in total. The van der Waals surface area contributed by atoms with Gasteiger partial charge in [-0.3, -0.25) is 4.79 Å². The van der Waals surface area contributed by atoms with E-state index in [1.54, 1.807) is 6.92 Å². The Bertz CT molecular complexity index is 676. The molecule has 0 atom stereocenters. The van der Waals surface area contributed by atoms with E-state index in [9.17, 15) is 4.79 Å². The minimum absolute atomic E-state index is 0.0749. The second-order valence-corrected chi connectivity index (χ2v) is 7.45. The first kappa shape index (κ1) is 18.3. The van der Waals surface area contributed by atoms with Gasteiger partial charge in [-0.05, 0) is 55.4 Å². The van der Waals surface area contributed by atoms with Crippen LogP contribution in [0.5, 0.6) is 0 Å². The highest BCUT2D eigenvalue weighted by Gasteiger charge is 2.30. The summed E-state index contributed by atoms with van der Waals surface area (Å²) in [5, 5.41) is 0. The van der Waals surface area contributed by atoms with Gasteiger partial charge in [-0.25, -0.2) is 0 Å². The Morgan fingerprint density at radius 1 is 1.25 bits per heavy atom. The van der Waals surface area contributed by atoms with Crippen LogP contribution in [0.1, 0.15) is 46.6 Å². The lowest BCUT2D eigenvalue weighted by Crippen LogP contribution is -2.35. The number of nitrogens with zero attached hydrogens (tertiary/aromatic N) is 1. The maximum Gasteiger partial charge on any atom is 0.160 e. The second-order valence-electron chi connectivity index (χ2n) is 7.45. The second kappa shape index (κ2) is 7.21. The third-order valence-electron chi connectivity index (χ3n) is 5.08. The summed E-state index contributed by atoms with van der Waals surface area (Å²) in [4.78, 5) is 14.4. The standard InChI is InChI=1S/C22H29NO/c1-16(2)20(18(4)24)14-21-17(3)22(5,6)12-13-23(21)15-19-10-8-7-9-11-19/h7-11,14H,1,12-13,15H2,2-6H3. The third kappa shape index (κ3) is 4.05. The summed E-state index contributed by atoms with van der Waals surface area (Å²) < 4.78 is 0. The summed E-state index contributed by atoms with van der Waals surface area (Å²) in [6.45, 7) is 16.1. The lowest BCUT2D eigenvalue weighted by molar-refractivity contribution is -0.113. The number of Topliss-reactive ketones (excluding diaryl/α,β-unsaturated/α-hetero) is 1. The lowest BCUT2D eigenvalue weighted by Gasteiger charge is -2.40. The highest BCUT2D eigenvalue weighted by Crippen LogP contribution is 2.39. The summed E-state index contributed by atoms with van der Waals surface area (Å²) in [5.41, 5.74) is 5.49. The van der Waals surface area contributed by atoms with Crippen LogP contribution >= 0.6 is 0 Å². The van der Waals surface area contributed by atoms with Crippen LogP contribution in [0.4, 0.5) is 0 Å². The zero-order chi connectivity index (χ0) is 17.9. The molecule has 0 N–H and O–H groups in total. The van der Waals surface area contributed by atoms with Crippen molar-refractivity contribution >= 4 is 5.78 Å². The highest BCUT2D eigenvalue weighted by molar-refractivity contribution is 5.97. The maximum atomic E-state index is 12.0. The number of rotatable bonds is 5. The first-order valence-corrected chi connectivity index (χ1v) is 8.61. The number of hydrogen-bond donors (Lipinski definition) is 0. The van der Waals surface area contributed by atoms with Gasteiger partial charge in [0.1, 0.15) is 0 Å². The molecule has 1 aliphatic rings. The topological polar surface area (TPSA) is 20.3 Å². The van der Waals surface area contributed by atoms with Crippen molar-refractivity contribution in [1.82, 2.24) is 4.90 Å². The van der Waals surface area contributed by atoms with Gasteiger partial charge >= 0.3 is 0 Å². The van der Waals surface area contributed by atoms with Gasteiger partial charge in [0.15, 0.2) is 5.78 Å². The van der Waals surface area contributed by atoms with Crippen LogP contribution in [0.15, 0.2) is 65.4 Å². The molecular formula is C22H29NO. The van der Waals surface area contributed by atoms with Gasteiger partial charge in [-0.15, -0.1) is 0 Å². The fourth-order valence-electron chi connectivity index (χ4n) is 3.14. The molecule has 1 aromatic rings. The van der Waals surface area contributed by atoms with Crippen LogP contribution in [0.2, 0.25) is 0 Å². The van der Waals surface area contributed by atoms with Crippen molar-refractivity contribution in [1.29, 1.82) is 0 Å². The Morgan fingerprint density at radius 2 is 1.88 bits per heavy atom. The normalized spacial score (nSPS) is 17.9. The van der Waals surface area contributed by atoms with Crippen LogP contribution < -0.4 is 0 Å². The Labute approximate surface area is 146 Å². The minimum atomic E-state index is 0.0749. The number of carbonyl (C=O) groups is 1. The molecule has 1 heterocycles. The summed E-state index contributed by atoms with van der Waals surface area (Å²) >= 11 is 0. The number of carbonyl (C=O) groups excluding carboxylic acids is 1. The van der Waals surface area contributed by atoms with Gasteiger partial charge in [0.2, 0.25) is 0 Å². The summed E-state index contributed by atoms with van der Waals surface area (Å²) in [6, 6.07) is 10.5. The maximum absolute atomic E-state index is 12.0. The monoisotopic (exact) mass is 323 g/mol. The van der Waals surface area contributed by atoms with E-state index in [0.717, 1.165) is 30.7 Å². The van der Waals surface area contributed by atoms with Crippen LogP contribution in [0.25, 0.3) is 0 Å². The number of hydrogen-bond acceptors (Lipinski definition) is 2. The Kier molecular flexibility index (Phi) is 5.48. The Balaban J connectivity index is 2.47. The smallest absolute Gasteiger partial charge is 0.160 e. The van der Waals surface area contributed by atoms with Gasteiger partial charge in [0.25, 0.3) is 0 Å². The SMILES string of the molecule is C=C(C)C(=CC1=C(C)C(C)(C)CCN1Cc1ccccc1)C(C)=O. The molecule has 0 saturated heterocycles. The largest absolute Gasteiger partial charge is 0.367 e. The number of ketones is 1.